The molecular formula is C11H24N+. The first-order valence-electron chi connectivity index (χ1n) is 5.34. The number of nitrogens with zero attached hydrogens (tertiary/aromatic N) is 1. The van der Waals surface area contributed by atoms with E-state index < -0.39 is 0 Å². The van der Waals surface area contributed by atoms with Crippen molar-refractivity contribution >= 4 is 6.21 Å². The van der Waals surface area contributed by atoms with Crippen molar-refractivity contribution in [1.29, 1.82) is 0 Å². The quantitative estimate of drug-likeness (QED) is 0.314. The minimum absolute atomic E-state index is 1.23. The van der Waals surface area contributed by atoms with Crippen LogP contribution in [0.1, 0.15) is 52.4 Å². The summed E-state index contributed by atoms with van der Waals surface area (Å²) in [5.41, 5.74) is 0. The highest BCUT2D eigenvalue weighted by molar-refractivity contribution is 5.50. The molecule has 12 heavy (non-hydrogen) atoms. The molecule has 0 aromatic rings. The molecule has 0 spiro atoms. The summed E-state index contributed by atoms with van der Waals surface area (Å²) in [7, 11) is 2.18. The Bertz CT molecular complexity index is 116. The monoisotopic (exact) mass is 170 g/mol. The van der Waals surface area contributed by atoms with Crippen molar-refractivity contribution in [3.05, 3.63) is 0 Å². The summed E-state index contributed by atoms with van der Waals surface area (Å²) >= 11 is 0. The second-order valence-electron chi connectivity index (χ2n) is 3.51. The average molecular weight is 170 g/mol. The highest BCUT2D eigenvalue weighted by Crippen LogP contribution is 1.98. The van der Waals surface area contributed by atoms with Crippen molar-refractivity contribution in [1.82, 2.24) is 0 Å². The van der Waals surface area contributed by atoms with Gasteiger partial charge in [0.15, 0.2) is 0 Å². The van der Waals surface area contributed by atoms with E-state index in [4.69, 9.17) is 0 Å². The molecule has 0 rings (SSSR count). The molecule has 0 heterocycles. The summed E-state index contributed by atoms with van der Waals surface area (Å²) in [6, 6.07) is 0. The number of unbranched alkanes of at least 4 members (excludes halogenated alkanes) is 4. The van der Waals surface area contributed by atoms with E-state index in [1.807, 2.05) is 0 Å². The first-order valence-corrected chi connectivity index (χ1v) is 5.34. The van der Waals surface area contributed by atoms with Gasteiger partial charge in [0, 0.05) is 12.8 Å². The highest BCUT2D eigenvalue weighted by atomic mass is 14.9. The topological polar surface area (TPSA) is 3.01 Å². The summed E-state index contributed by atoms with van der Waals surface area (Å²) in [5, 5.41) is 0. The zero-order valence-corrected chi connectivity index (χ0v) is 8.97. The van der Waals surface area contributed by atoms with Crippen LogP contribution in [0, 0.1) is 0 Å². The largest absolute Gasteiger partial charge is 0.242 e. The number of hydrogen-bond donors (Lipinski definition) is 0. The first-order chi connectivity index (χ1) is 5.81. The van der Waals surface area contributed by atoms with Gasteiger partial charge < -0.3 is 0 Å². The first kappa shape index (κ1) is 11.7. The van der Waals surface area contributed by atoms with Gasteiger partial charge in [-0.25, -0.2) is 4.58 Å². The second-order valence-corrected chi connectivity index (χ2v) is 3.51. The van der Waals surface area contributed by atoms with E-state index in [1.54, 1.807) is 0 Å². The normalized spacial score (nSPS) is 12.1. The predicted molar refractivity (Wildman–Crippen MR) is 56.2 cm³/mol. The minimum atomic E-state index is 1.23. The van der Waals surface area contributed by atoms with Gasteiger partial charge in [-0.15, -0.1) is 0 Å². The third kappa shape index (κ3) is 7.77. The molecule has 1 heteroatoms. The second kappa shape index (κ2) is 8.76. The number of hydrogen-bond acceptors (Lipinski definition) is 0. The third-order valence-electron chi connectivity index (χ3n) is 2.09. The summed E-state index contributed by atoms with van der Waals surface area (Å²) in [6.45, 7) is 5.72. The van der Waals surface area contributed by atoms with Crippen molar-refractivity contribution in [2.24, 2.45) is 0 Å². The molecule has 0 saturated heterocycles. The standard InChI is InChI=1S/C11H24N/c1-4-6-8-9-11-12(3)10-7-5-2/h10H,4-9,11H2,1-3H3/q+1. The third-order valence-corrected chi connectivity index (χ3v) is 2.09. The van der Waals surface area contributed by atoms with Crippen molar-refractivity contribution in [2.75, 3.05) is 13.6 Å². The Morgan fingerprint density at radius 2 is 1.75 bits per heavy atom. The molecule has 0 radical (unpaired) electrons. The van der Waals surface area contributed by atoms with E-state index >= 15 is 0 Å². The Morgan fingerprint density at radius 3 is 2.33 bits per heavy atom. The van der Waals surface area contributed by atoms with Gasteiger partial charge >= 0.3 is 0 Å². The van der Waals surface area contributed by atoms with Crippen molar-refractivity contribution < 1.29 is 4.58 Å². The molecular weight excluding hydrogens is 146 g/mol. The molecule has 1 nitrogen and oxygen atoms in total. The summed E-state index contributed by atoms with van der Waals surface area (Å²) in [5.74, 6) is 0. The molecule has 0 aliphatic carbocycles. The molecule has 0 bridgehead atoms. The van der Waals surface area contributed by atoms with Gasteiger partial charge in [-0.3, -0.25) is 0 Å². The van der Waals surface area contributed by atoms with Gasteiger partial charge in [-0.05, 0) is 12.8 Å². The maximum absolute atomic E-state index is 2.33. The van der Waals surface area contributed by atoms with Crippen LogP contribution in [0.2, 0.25) is 0 Å². The lowest BCUT2D eigenvalue weighted by atomic mass is 10.2. The maximum atomic E-state index is 2.33. The molecule has 72 valence electrons. The SMILES string of the molecule is CCCC=[N+](C)CCCCCC. The summed E-state index contributed by atoms with van der Waals surface area (Å²) in [6.07, 6.45) is 10.3. The van der Waals surface area contributed by atoms with E-state index in [0.717, 1.165) is 0 Å². The highest BCUT2D eigenvalue weighted by Gasteiger charge is 1.94. The molecule has 0 unspecified atom stereocenters. The van der Waals surface area contributed by atoms with Gasteiger partial charge in [-0.2, -0.15) is 0 Å². The van der Waals surface area contributed by atoms with Crippen molar-refractivity contribution in [3.63, 3.8) is 0 Å². The van der Waals surface area contributed by atoms with Crippen LogP contribution < -0.4 is 0 Å². The molecule has 0 amide bonds. The van der Waals surface area contributed by atoms with Gasteiger partial charge in [0.25, 0.3) is 0 Å². The zero-order valence-electron chi connectivity index (χ0n) is 8.97. The van der Waals surface area contributed by atoms with E-state index in [1.165, 1.54) is 45.1 Å². The Kier molecular flexibility index (Phi) is 8.52. The van der Waals surface area contributed by atoms with Crippen LogP contribution in [-0.4, -0.2) is 24.4 Å². The van der Waals surface area contributed by atoms with E-state index in [-0.39, 0.29) is 0 Å². The van der Waals surface area contributed by atoms with E-state index in [2.05, 4.69) is 31.7 Å². The van der Waals surface area contributed by atoms with Crippen LogP contribution in [0.25, 0.3) is 0 Å². The summed E-state index contributed by atoms with van der Waals surface area (Å²) < 4.78 is 2.33. The average Bonchev–Trinajstić information content (AvgIpc) is 2.09. The zero-order chi connectivity index (χ0) is 9.23. The fourth-order valence-corrected chi connectivity index (χ4v) is 1.23. The van der Waals surface area contributed by atoms with Crippen molar-refractivity contribution in [2.45, 2.75) is 52.4 Å². The fourth-order valence-electron chi connectivity index (χ4n) is 1.23. The van der Waals surface area contributed by atoms with Crippen molar-refractivity contribution in [3.8, 4) is 0 Å². The Hall–Kier alpha value is -0.330. The van der Waals surface area contributed by atoms with Crippen LogP contribution in [-0.2, 0) is 0 Å². The lowest BCUT2D eigenvalue weighted by Crippen LogP contribution is -2.08. The minimum Gasteiger partial charge on any atom is -0.242 e. The van der Waals surface area contributed by atoms with E-state index in [9.17, 15) is 0 Å². The van der Waals surface area contributed by atoms with Crippen LogP contribution in [0.4, 0.5) is 0 Å². The smallest absolute Gasteiger partial charge is 0.142 e. The Balaban J connectivity index is 3.24. The fraction of sp³-hybridized carbons (Fsp3) is 0.909. The molecule has 0 aromatic carbocycles. The molecule has 0 aromatic heterocycles. The maximum Gasteiger partial charge on any atom is 0.142 e. The molecule has 0 saturated carbocycles. The van der Waals surface area contributed by atoms with Crippen LogP contribution in [0.3, 0.4) is 0 Å². The molecule has 0 aliphatic rings. The predicted octanol–water partition coefficient (Wildman–Crippen LogP) is 3.08. The Morgan fingerprint density at radius 1 is 1.00 bits per heavy atom. The molecule has 0 aliphatic heterocycles. The lowest BCUT2D eigenvalue weighted by Gasteiger charge is -1.97. The van der Waals surface area contributed by atoms with Gasteiger partial charge in [-0.1, -0.05) is 26.7 Å². The molecule has 0 fully saturated rings. The number of rotatable bonds is 7. The molecule has 0 atom stereocenters. The summed E-state index contributed by atoms with van der Waals surface area (Å²) in [4.78, 5) is 0. The van der Waals surface area contributed by atoms with Gasteiger partial charge in [0.2, 0.25) is 0 Å². The lowest BCUT2D eigenvalue weighted by molar-refractivity contribution is -0.494. The van der Waals surface area contributed by atoms with Crippen LogP contribution >= 0.6 is 0 Å². The van der Waals surface area contributed by atoms with Crippen LogP contribution in [0.5, 0.6) is 0 Å². The van der Waals surface area contributed by atoms with Crippen LogP contribution in [0.15, 0.2) is 0 Å². The molecule has 0 N–H and O–H groups in total. The Labute approximate surface area is 77.5 Å². The van der Waals surface area contributed by atoms with Gasteiger partial charge in [0.1, 0.15) is 19.8 Å². The van der Waals surface area contributed by atoms with E-state index in [0.29, 0.717) is 0 Å². The van der Waals surface area contributed by atoms with Gasteiger partial charge in [0.05, 0.1) is 0 Å².